The molecule has 26 heavy (non-hydrogen) atoms. The summed E-state index contributed by atoms with van der Waals surface area (Å²) < 4.78 is 0. The van der Waals surface area contributed by atoms with Crippen molar-refractivity contribution in [2.45, 2.75) is 123 Å². The van der Waals surface area contributed by atoms with Gasteiger partial charge < -0.3 is 15.2 Å². The molecule has 0 saturated heterocycles. The number of nitrogens with one attached hydrogen (secondary N) is 1. The number of carboxylic acid groups (broad SMARTS) is 1. The number of hydrogen-bond donors (Lipinski definition) is 1. The normalized spacial score (nSPS) is 11.6. The molecule has 0 heterocycles. The largest absolute Gasteiger partial charge is 1.00 e. The van der Waals surface area contributed by atoms with Crippen LogP contribution in [0.5, 0.6) is 0 Å². The molecule has 1 atom stereocenters. The molecule has 0 radical (unpaired) electrons. The first-order valence-electron chi connectivity index (χ1n) is 10.6. The fourth-order valence-corrected chi connectivity index (χ4v) is 3.03. The fraction of sp³-hybridized carbons (Fsp3) is 0.905. The predicted molar refractivity (Wildman–Crippen MR) is 102 cm³/mol. The first-order valence-corrected chi connectivity index (χ1v) is 10.6. The minimum atomic E-state index is -1.23. The van der Waals surface area contributed by atoms with E-state index in [2.05, 4.69) is 12.2 Å². The zero-order valence-electron chi connectivity index (χ0n) is 17.6. The summed E-state index contributed by atoms with van der Waals surface area (Å²) in [5, 5.41) is 12.9. The molecular weight excluding hydrogens is 337 g/mol. The number of aliphatic carboxylic acids is 1. The molecule has 0 bridgehead atoms. The molecule has 1 unspecified atom stereocenters. The molecule has 1 amide bonds. The van der Waals surface area contributed by atoms with E-state index in [9.17, 15) is 14.7 Å². The first kappa shape index (κ1) is 28.2. The van der Waals surface area contributed by atoms with Gasteiger partial charge in [-0.2, -0.15) is 0 Å². The topological polar surface area (TPSA) is 69.2 Å². The maximum atomic E-state index is 11.5. The summed E-state index contributed by atoms with van der Waals surface area (Å²) in [5.41, 5.74) is 0. The minimum absolute atomic E-state index is 0. The van der Waals surface area contributed by atoms with Gasteiger partial charge in [0, 0.05) is 6.42 Å². The Morgan fingerprint density at radius 2 is 1.08 bits per heavy atom. The van der Waals surface area contributed by atoms with Crippen molar-refractivity contribution < 1.29 is 44.3 Å². The van der Waals surface area contributed by atoms with E-state index in [-0.39, 0.29) is 35.5 Å². The zero-order valence-corrected chi connectivity index (χ0v) is 19.6. The van der Waals surface area contributed by atoms with E-state index in [1.165, 1.54) is 90.4 Å². The van der Waals surface area contributed by atoms with Crippen LogP contribution < -0.4 is 40.0 Å². The van der Waals surface area contributed by atoms with Gasteiger partial charge in [-0.1, -0.05) is 96.8 Å². The van der Waals surface area contributed by atoms with Gasteiger partial charge in [0.05, 0.1) is 12.0 Å². The minimum Gasteiger partial charge on any atom is -0.548 e. The van der Waals surface area contributed by atoms with Gasteiger partial charge in [0.25, 0.3) is 0 Å². The Hall–Kier alpha value is -0.0600. The quantitative estimate of drug-likeness (QED) is 0.291. The Morgan fingerprint density at radius 1 is 0.731 bits per heavy atom. The summed E-state index contributed by atoms with van der Waals surface area (Å²) in [4.78, 5) is 22.0. The van der Waals surface area contributed by atoms with Crippen LogP contribution in [0.3, 0.4) is 0 Å². The summed E-state index contributed by atoms with van der Waals surface area (Å²) in [6, 6.07) is -0.899. The molecule has 0 aliphatic rings. The molecule has 0 fully saturated rings. The van der Waals surface area contributed by atoms with Crippen LogP contribution in [0.2, 0.25) is 0 Å². The number of carboxylic acids is 1. The predicted octanol–water partition coefficient (Wildman–Crippen LogP) is 1.51. The Kier molecular flexibility index (Phi) is 23.0. The van der Waals surface area contributed by atoms with Crippen molar-refractivity contribution in [1.82, 2.24) is 5.32 Å². The Morgan fingerprint density at radius 3 is 1.42 bits per heavy atom. The number of rotatable bonds is 18. The maximum absolute atomic E-state index is 11.5. The van der Waals surface area contributed by atoms with Crippen LogP contribution in [0, 0.1) is 0 Å². The second kappa shape index (κ2) is 21.2. The molecule has 0 aromatic heterocycles. The Bertz CT molecular complexity index is 337. The Balaban J connectivity index is 0. The van der Waals surface area contributed by atoms with Gasteiger partial charge in [-0.15, -0.1) is 0 Å². The smallest absolute Gasteiger partial charge is 0.548 e. The van der Waals surface area contributed by atoms with Crippen molar-refractivity contribution in [3.8, 4) is 0 Å². The molecule has 1 N–H and O–H groups in total. The molecule has 0 aromatic rings. The van der Waals surface area contributed by atoms with E-state index < -0.39 is 12.0 Å². The van der Waals surface area contributed by atoms with Gasteiger partial charge in [-0.05, 0) is 13.3 Å². The summed E-state index contributed by atoms with van der Waals surface area (Å²) in [6.07, 6.45) is 19.8. The van der Waals surface area contributed by atoms with Crippen LogP contribution in [0.15, 0.2) is 0 Å². The molecule has 0 aromatic carbocycles. The molecule has 0 saturated carbocycles. The van der Waals surface area contributed by atoms with Crippen LogP contribution >= 0.6 is 0 Å². The zero-order chi connectivity index (χ0) is 18.8. The van der Waals surface area contributed by atoms with Crippen molar-refractivity contribution >= 4 is 11.9 Å². The van der Waals surface area contributed by atoms with Crippen molar-refractivity contribution in [1.29, 1.82) is 0 Å². The fourth-order valence-electron chi connectivity index (χ4n) is 3.03. The molecule has 0 aliphatic heterocycles. The second-order valence-electron chi connectivity index (χ2n) is 7.31. The van der Waals surface area contributed by atoms with Crippen LogP contribution in [-0.4, -0.2) is 17.9 Å². The van der Waals surface area contributed by atoms with Crippen molar-refractivity contribution in [2.24, 2.45) is 0 Å². The molecule has 4 nitrogen and oxygen atoms in total. The van der Waals surface area contributed by atoms with E-state index in [4.69, 9.17) is 0 Å². The van der Waals surface area contributed by atoms with Gasteiger partial charge in [-0.25, -0.2) is 0 Å². The van der Waals surface area contributed by atoms with Crippen LogP contribution in [0.4, 0.5) is 0 Å². The average molecular weight is 378 g/mol. The van der Waals surface area contributed by atoms with Crippen molar-refractivity contribution in [3.63, 3.8) is 0 Å². The summed E-state index contributed by atoms with van der Waals surface area (Å²) in [6.45, 7) is 3.69. The van der Waals surface area contributed by atoms with Crippen molar-refractivity contribution in [2.75, 3.05) is 0 Å². The van der Waals surface area contributed by atoms with Gasteiger partial charge in [0.2, 0.25) is 5.91 Å². The molecule has 148 valence electrons. The van der Waals surface area contributed by atoms with Gasteiger partial charge in [-0.3, -0.25) is 4.79 Å². The monoisotopic (exact) mass is 377 g/mol. The molecule has 0 spiro atoms. The molecule has 0 rings (SSSR count). The average Bonchev–Trinajstić information content (AvgIpc) is 2.58. The first-order chi connectivity index (χ1) is 12.1. The van der Waals surface area contributed by atoms with E-state index in [1.807, 2.05) is 0 Å². The third kappa shape index (κ3) is 20.3. The van der Waals surface area contributed by atoms with E-state index in [0.29, 0.717) is 6.42 Å². The van der Waals surface area contributed by atoms with Gasteiger partial charge >= 0.3 is 29.6 Å². The second-order valence-corrected chi connectivity index (χ2v) is 7.31. The van der Waals surface area contributed by atoms with Crippen LogP contribution in [0.1, 0.15) is 117 Å². The number of unbranched alkanes of at least 4 members (excludes halogenated alkanes) is 14. The van der Waals surface area contributed by atoms with E-state index in [1.54, 1.807) is 0 Å². The summed E-state index contributed by atoms with van der Waals surface area (Å²) in [7, 11) is 0. The van der Waals surface area contributed by atoms with E-state index >= 15 is 0 Å². The Labute approximate surface area is 183 Å². The molecular formula is C21H40NNaO3. The third-order valence-corrected chi connectivity index (χ3v) is 4.74. The number of carbonyl (C=O) groups excluding carboxylic acids is 2. The number of carbonyl (C=O) groups is 2. The van der Waals surface area contributed by atoms with E-state index in [0.717, 1.165) is 12.8 Å². The van der Waals surface area contributed by atoms with Gasteiger partial charge in [0.15, 0.2) is 0 Å². The van der Waals surface area contributed by atoms with Gasteiger partial charge in [0.1, 0.15) is 0 Å². The third-order valence-electron chi connectivity index (χ3n) is 4.74. The summed E-state index contributed by atoms with van der Waals surface area (Å²) >= 11 is 0. The SMILES string of the molecule is CCCCCCCCCCCCCCCCCC(=O)NC(C)C(=O)[O-].[Na+]. The van der Waals surface area contributed by atoms with Crippen LogP contribution in [0.25, 0.3) is 0 Å². The molecule has 5 heteroatoms. The molecule has 0 aliphatic carbocycles. The van der Waals surface area contributed by atoms with Crippen molar-refractivity contribution in [3.05, 3.63) is 0 Å². The summed E-state index contributed by atoms with van der Waals surface area (Å²) in [5.74, 6) is -1.42. The number of amides is 1. The maximum Gasteiger partial charge on any atom is 1.00 e. The standard InChI is InChI=1S/C21H41NO3.Na/c1-3-4-5-6-7-8-9-10-11-12-13-14-15-16-17-18-20(23)22-19(2)21(24)25;/h19H,3-18H2,1-2H3,(H,22,23)(H,24,25);/q;+1/p-1. The number of hydrogen-bond acceptors (Lipinski definition) is 3. The van der Waals surface area contributed by atoms with Crippen LogP contribution in [-0.2, 0) is 9.59 Å².